The Morgan fingerprint density at radius 1 is 0.833 bits per heavy atom. The predicted molar refractivity (Wildman–Crippen MR) is 146 cm³/mol. The van der Waals surface area contributed by atoms with Crippen molar-refractivity contribution in [2.45, 2.75) is 58.6 Å². The van der Waals surface area contributed by atoms with Gasteiger partial charge in [-0.2, -0.15) is 0 Å². The Balaban J connectivity index is 1.45. The average molecular weight is 482 g/mol. The van der Waals surface area contributed by atoms with Gasteiger partial charge in [0.2, 0.25) is 0 Å². The average Bonchev–Trinajstić information content (AvgIpc) is 3.25. The summed E-state index contributed by atoms with van der Waals surface area (Å²) in [6.07, 6.45) is 4.29. The summed E-state index contributed by atoms with van der Waals surface area (Å²) >= 11 is 0. The minimum atomic E-state index is -0.969. The topological polar surface area (TPSA) is 51.5 Å². The number of aromatic nitrogens is 1. The number of unbranched alkanes of at least 4 members (excludes halogenated alkanes) is 2. The number of ether oxygens (including phenoxy) is 1. The molecule has 4 heteroatoms. The molecule has 1 aromatic heterocycles. The highest BCUT2D eigenvalue weighted by Gasteiger charge is 2.20. The minimum Gasteiger partial charge on any atom is -0.478 e. The molecular weight excluding hydrogens is 446 g/mol. The van der Waals surface area contributed by atoms with E-state index in [4.69, 9.17) is 4.74 Å². The van der Waals surface area contributed by atoms with Gasteiger partial charge in [0.15, 0.2) is 6.10 Å². The van der Waals surface area contributed by atoms with Crippen LogP contribution in [0.3, 0.4) is 0 Å². The summed E-state index contributed by atoms with van der Waals surface area (Å²) < 4.78 is 8.16. The van der Waals surface area contributed by atoms with Crippen molar-refractivity contribution in [2.75, 3.05) is 0 Å². The van der Waals surface area contributed by atoms with Gasteiger partial charge in [-0.1, -0.05) is 74.4 Å². The van der Waals surface area contributed by atoms with Crippen molar-refractivity contribution in [1.82, 2.24) is 4.57 Å². The molecule has 0 aliphatic heterocycles. The lowest BCUT2D eigenvalue weighted by atomic mass is 10.1. The molecule has 0 bridgehead atoms. The summed E-state index contributed by atoms with van der Waals surface area (Å²) in [4.78, 5) is 11.8. The number of carboxylic acid groups (broad SMARTS) is 1. The van der Waals surface area contributed by atoms with Crippen LogP contribution < -0.4 is 4.74 Å². The van der Waals surface area contributed by atoms with Crippen LogP contribution in [0, 0.1) is 6.92 Å². The van der Waals surface area contributed by atoms with Gasteiger partial charge < -0.3 is 14.4 Å². The fourth-order valence-corrected chi connectivity index (χ4v) is 4.48. The molecule has 0 saturated carbocycles. The Morgan fingerprint density at radius 3 is 2.19 bits per heavy atom. The molecular formula is C32H35NO3. The molecule has 4 nitrogen and oxygen atoms in total. The molecule has 0 saturated heterocycles. The molecule has 1 atom stereocenters. The third kappa shape index (κ3) is 6.66. The molecule has 0 unspecified atom stereocenters. The first-order valence-corrected chi connectivity index (χ1v) is 12.8. The molecule has 4 rings (SSSR count). The van der Waals surface area contributed by atoms with Gasteiger partial charge in [0.05, 0.1) is 0 Å². The molecule has 0 amide bonds. The Hall–Kier alpha value is -3.79. The van der Waals surface area contributed by atoms with E-state index in [0.29, 0.717) is 12.2 Å². The first-order valence-electron chi connectivity index (χ1n) is 12.8. The molecule has 186 valence electrons. The quantitative estimate of drug-likeness (QED) is 0.216. The molecule has 4 aromatic rings. The first-order chi connectivity index (χ1) is 17.5. The molecule has 1 N–H and O–H groups in total. The molecule has 0 radical (unpaired) electrons. The number of carbonyl (C=O) groups is 1. The Labute approximate surface area is 214 Å². The summed E-state index contributed by atoms with van der Waals surface area (Å²) in [5, 5.41) is 9.65. The maximum absolute atomic E-state index is 11.8. The van der Waals surface area contributed by atoms with Crippen molar-refractivity contribution in [3.8, 4) is 17.0 Å². The molecule has 0 fully saturated rings. The lowest BCUT2D eigenvalue weighted by molar-refractivity contribution is -0.145. The third-order valence-electron chi connectivity index (χ3n) is 6.60. The maximum atomic E-state index is 11.8. The van der Waals surface area contributed by atoms with E-state index in [-0.39, 0.29) is 0 Å². The summed E-state index contributed by atoms with van der Waals surface area (Å²) in [5.41, 5.74) is 7.01. The van der Waals surface area contributed by atoms with Crippen molar-refractivity contribution in [2.24, 2.45) is 0 Å². The van der Waals surface area contributed by atoms with E-state index in [9.17, 15) is 9.90 Å². The van der Waals surface area contributed by atoms with Crippen LogP contribution in [-0.2, 0) is 24.2 Å². The standard InChI is InChI=1S/C32H35NO3/c1-3-4-6-9-25-13-15-27(16-14-25)23-33-24(2)12-21-30(33)28-17-19-29(20-18-28)36-31(32(34)35)22-26-10-7-5-8-11-26/h5,7-8,10-21,31H,3-4,6,9,22-23H2,1-2H3,(H,34,35)/t31-/m1/s1. The maximum Gasteiger partial charge on any atom is 0.345 e. The van der Waals surface area contributed by atoms with Crippen molar-refractivity contribution < 1.29 is 14.6 Å². The zero-order valence-electron chi connectivity index (χ0n) is 21.2. The normalized spacial score (nSPS) is 11.8. The number of hydrogen-bond donors (Lipinski definition) is 1. The summed E-state index contributed by atoms with van der Waals surface area (Å²) in [6, 6.07) is 30.5. The molecule has 0 aliphatic carbocycles. The van der Waals surface area contributed by atoms with Crippen LogP contribution >= 0.6 is 0 Å². The van der Waals surface area contributed by atoms with Crippen LogP contribution in [0.2, 0.25) is 0 Å². The van der Waals surface area contributed by atoms with Gasteiger partial charge in [0.1, 0.15) is 5.75 Å². The first kappa shape index (κ1) is 25.3. The highest BCUT2D eigenvalue weighted by atomic mass is 16.5. The second kappa shape index (κ2) is 12.3. The molecule has 1 heterocycles. The fourth-order valence-electron chi connectivity index (χ4n) is 4.48. The Bertz CT molecular complexity index is 1240. The smallest absolute Gasteiger partial charge is 0.345 e. The van der Waals surface area contributed by atoms with Crippen LogP contribution in [0.15, 0.2) is 91.0 Å². The van der Waals surface area contributed by atoms with E-state index in [1.54, 1.807) is 0 Å². The van der Waals surface area contributed by atoms with Crippen LogP contribution in [0.1, 0.15) is 48.6 Å². The van der Waals surface area contributed by atoms with E-state index < -0.39 is 12.1 Å². The van der Waals surface area contributed by atoms with Gasteiger partial charge in [0.25, 0.3) is 0 Å². The van der Waals surface area contributed by atoms with Crippen molar-refractivity contribution >= 4 is 5.97 Å². The number of aryl methyl sites for hydroxylation is 2. The van der Waals surface area contributed by atoms with Crippen LogP contribution in [0.25, 0.3) is 11.3 Å². The van der Waals surface area contributed by atoms with E-state index in [1.807, 2.05) is 54.6 Å². The summed E-state index contributed by atoms with van der Waals surface area (Å²) in [5.74, 6) is -0.417. The van der Waals surface area contributed by atoms with E-state index in [1.165, 1.54) is 36.1 Å². The monoisotopic (exact) mass is 481 g/mol. The molecule has 0 aliphatic rings. The van der Waals surface area contributed by atoms with Gasteiger partial charge in [-0.05, 0) is 78.4 Å². The highest BCUT2D eigenvalue weighted by Crippen LogP contribution is 2.27. The number of carboxylic acids is 1. The third-order valence-corrected chi connectivity index (χ3v) is 6.60. The molecule has 36 heavy (non-hydrogen) atoms. The lowest BCUT2D eigenvalue weighted by Gasteiger charge is -2.16. The Morgan fingerprint density at radius 2 is 1.53 bits per heavy atom. The number of benzene rings is 3. The number of nitrogens with zero attached hydrogens (tertiary/aromatic N) is 1. The van der Waals surface area contributed by atoms with Crippen LogP contribution in [0.5, 0.6) is 5.75 Å². The zero-order valence-corrected chi connectivity index (χ0v) is 21.2. The summed E-state index contributed by atoms with van der Waals surface area (Å²) in [6.45, 7) is 5.17. The Kier molecular flexibility index (Phi) is 8.62. The van der Waals surface area contributed by atoms with Crippen molar-refractivity contribution in [3.05, 3.63) is 113 Å². The molecule has 3 aromatic carbocycles. The van der Waals surface area contributed by atoms with E-state index in [2.05, 4.69) is 54.8 Å². The largest absolute Gasteiger partial charge is 0.478 e. The van der Waals surface area contributed by atoms with Crippen molar-refractivity contribution in [1.29, 1.82) is 0 Å². The summed E-state index contributed by atoms with van der Waals surface area (Å²) in [7, 11) is 0. The fraction of sp³-hybridized carbons (Fsp3) is 0.281. The lowest BCUT2D eigenvalue weighted by Crippen LogP contribution is -2.29. The number of aliphatic carboxylic acids is 1. The molecule has 0 spiro atoms. The van der Waals surface area contributed by atoms with Crippen LogP contribution in [-0.4, -0.2) is 21.7 Å². The second-order valence-corrected chi connectivity index (χ2v) is 9.38. The van der Waals surface area contributed by atoms with E-state index in [0.717, 1.165) is 29.8 Å². The van der Waals surface area contributed by atoms with Crippen molar-refractivity contribution in [3.63, 3.8) is 0 Å². The number of hydrogen-bond acceptors (Lipinski definition) is 2. The van der Waals surface area contributed by atoms with Gasteiger partial charge in [-0.3, -0.25) is 0 Å². The highest BCUT2D eigenvalue weighted by molar-refractivity contribution is 5.73. The SMILES string of the molecule is CCCCCc1ccc(Cn2c(C)ccc2-c2ccc(O[C@H](Cc3ccccc3)C(=O)O)cc2)cc1. The van der Waals surface area contributed by atoms with Gasteiger partial charge in [-0.25, -0.2) is 4.79 Å². The van der Waals surface area contributed by atoms with Crippen LogP contribution in [0.4, 0.5) is 0 Å². The van der Waals surface area contributed by atoms with Gasteiger partial charge in [-0.15, -0.1) is 0 Å². The van der Waals surface area contributed by atoms with E-state index >= 15 is 0 Å². The predicted octanol–water partition coefficient (Wildman–Crippen LogP) is 7.32. The second-order valence-electron chi connectivity index (χ2n) is 9.38. The zero-order chi connectivity index (χ0) is 25.3. The van der Waals surface area contributed by atoms with Gasteiger partial charge >= 0.3 is 5.97 Å². The number of rotatable bonds is 12. The van der Waals surface area contributed by atoms with Gasteiger partial charge in [0, 0.05) is 24.4 Å². The minimum absolute atomic E-state index is 0.317.